The van der Waals surface area contributed by atoms with Gasteiger partial charge in [-0.2, -0.15) is 0 Å². The summed E-state index contributed by atoms with van der Waals surface area (Å²) in [4.78, 5) is 10.8. The van der Waals surface area contributed by atoms with Gasteiger partial charge in [0.1, 0.15) is 5.58 Å². The molecule has 0 atom stereocenters. The van der Waals surface area contributed by atoms with Crippen LogP contribution in [0.1, 0.15) is 18.1 Å². The molecule has 88 valence electrons. The lowest BCUT2D eigenvalue weighted by Crippen LogP contribution is -2.22. The summed E-state index contributed by atoms with van der Waals surface area (Å²) in [5.74, 6) is -0.00965. The molecule has 2 aromatic rings. The summed E-state index contributed by atoms with van der Waals surface area (Å²) in [5.41, 5.74) is 3.05. The minimum absolute atomic E-state index is 0.00965. The number of benzene rings is 1. The van der Waals surface area contributed by atoms with E-state index < -0.39 is 0 Å². The molecule has 0 radical (unpaired) electrons. The maximum Gasteiger partial charge on any atom is 0.216 e. The first-order chi connectivity index (χ1) is 8.20. The molecule has 0 unspecified atom stereocenters. The van der Waals surface area contributed by atoms with Crippen molar-refractivity contribution in [3.8, 4) is 0 Å². The predicted octanol–water partition coefficient (Wildman–Crippen LogP) is 2.75. The lowest BCUT2D eigenvalue weighted by Gasteiger charge is -2.00. The van der Waals surface area contributed by atoms with E-state index in [-0.39, 0.29) is 5.91 Å². The smallest absolute Gasteiger partial charge is 0.216 e. The summed E-state index contributed by atoms with van der Waals surface area (Å²) >= 11 is 0. The second kappa shape index (κ2) is 4.87. The van der Waals surface area contributed by atoms with Gasteiger partial charge in [0.05, 0.1) is 6.26 Å². The van der Waals surface area contributed by atoms with Crippen molar-refractivity contribution in [1.29, 1.82) is 0 Å². The zero-order chi connectivity index (χ0) is 12.3. The molecule has 0 saturated heterocycles. The number of hydrogen-bond acceptors (Lipinski definition) is 2. The first-order valence-electron chi connectivity index (χ1n) is 5.57. The molecule has 1 aromatic heterocycles. The summed E-state index contributed by atoms with van der Waals surface area (Å²) < 4.78 is 5.46. The van der Waals surface area contributed by atoms with Gasteiger partial charge < -0.3 is 9.73 Å². The van der Waals surface area contributed by atoms with E-state index >= 15 is 0 Å². The van der Waals surface area contributed by atoms with Gasteiger partial charge in [0.25, 0.3) is 0 Å². The van der Waals surface area contributed by atoms with Gasteiger partial charge in [0.15, 0.2) is 0 Å². The molecule has 0 saturated carbocycles. The Morgan fingerprint density at radius 3 is 3.06 bits per heavy atom. The van der Waals surface area contributed by atoms with Crippen LogP contribution in [0.5, 0.6) is 0 Å². The minimum atomic E-state index is -0.00965. The van der Waals surface area contributed by atoms with E-state index in [4.69, 9.17) is 4.42 Å². The van der Waals surface area contributed by atoms with Crippen molar-refractivity contribution in [2.24, 2.45) is 0 Å². The summed E-state index contributed by atoms with van der Waals surface area (Å²) in [6.07, 6.45) is 4.33. The number of nitrogens with one attached hydrogen (secondary N) is 1. The van der Waals surface area contributed by atoms with Crippen LogP contribution in [0.4, 0.5) is 0 Å². The molecule has 1 N–H and O–H groups in total. The van der Waals surface area contributed by atoms with Crippen molar-refractivity contribution in [1.82, 2.24) is 5.32 Å². The average molecular weight is 229 g/mol. The monoisotopic (exact) mass is 229 g/mol. The summed E-state index contributed by atoms with van der Waals surface area (Å²) in [6, 6.07) is 5.96. The second-order valence-electron chi connectivity index (χ2n) is 3.95. The summed E-state index contributed by atoms with van der Waals surface area (Å²) in [7, 11) is 0. The van der Waals surface area contributed by atoms with Crippen LogP contribution < -0.4 is 5.32 Å². The fraction of sp³-hybridized carbons (Fsp3) is 0.214. The zero-order valence-corrected chi connectivity index (χ0v) is 9.82. The molecule has 1 amide bonds. The summed E-state index contributed by atoms with van der Waals surface area (Å²) in [5, 5.41) is 3.87. The first-order valence-corrected chi connectivity index (χ1v) is 5.57. The third kappa shape index (κ3) is 2.56. The van der Waals surface area contributed by atoms with E-state index in [0.717, 1.165) is 28.5 Å². The molecule has 17 heavy (non-hydrogen) atoms. The predicted molar refractivity (Wildman–Crippen MR) is 68.7 cm³/mol. The highest BCUT2D eigenvalue weighted by atomic mass is 16.3. The number of fused-ring (bicyclic) bond motifs is 1. The lowest BCUT2D eigenvalue weighted by molar-refractivity contribution is -0.118. The third-order valence-corrected chi connectivity index (χ3v) is 2.68. The molecule has 0 bridgehead atoms. The van der Waals surface area contributed by atoms with Gasteiger partial charge in [-0.3, -0.25) is 4.79 Å². The number of rotatable bonds is 4. The number of furan rings is 1. The molecule has 0 fully saturated rings. The van der Waals surface area contributed by atoms with E-state index in [1.54, 1.807) is 6.26 Å². The van der Waals surface area contributed by atoms with Crippen molar-refractivity contribution >= 4 is 23.0 Å². The number of amides is 1. The van der Waals surface area contributed by atoms with E-state index in [0.29, 0.717) is 6.54 Å². The lowest BCUT2D eigenvalue weighted by atomic mass is 10.1. The van der Waals surface area contributed by atoms with Gasteiger partial charge in [-0.15, -0.1) is 0 Å². The Hall–Kier alpha value is -2.03. The summed E-state index contributed by atoms with van der Waals surface area (Å²) in [6.45, 7) is 5.89. The Morgan fingerprint density at radius 2 is 2.35 bits per heavy atom. The van der Waals surface area contributed by atoms with E-state index in [1.165, 1.54) is 6.92 Å². The van der Waals surface area contributed by atoms with Crippen LogP contribution in [0.15, 0.2) is 35.5 Å². The molecule has 0 aliphatic heterocycles. The highest BCUT2D eigenvalue weighted by Gasteiger charge is 2.06. The Labute approximate surface area is 100 Å². The maximum absolute atomic E-state index is 10.8. The molecule has 3 nitrogen and oxygen atoms in total. The highest BCUT2D eigenvalue weighted by molar-refractivity contribution is 5.83. The second-order valence-corrected chi connectivity index (χ2v) is 3.95. The molecule has 2 rings (SSSR count). The number of carbonyl (C=O) groups is 1. The SMILES string of the molecule is C=Cc1ccc2occ(CCNC(C)=O)c2c1. The van der Waals surface area contributed by atoms with Gasteiger partial charge in [0.2, 0.25) is 5.91 Å². The maximum atomic E-state index is 10.8. The largest absolute Gasteiger partial charge is 0.464 e. The fourth-order valence-corrected chi connectivity index (χ4v) is 1.79. The molecule has 0 spiro atoms. The third-order valence-electron chi connectivity index (χ3n) is 2.68. The topological polar surface area (TPSA) is 42.2 Å². The fourth-order valence-electron chi connectivity index (χ4n) is 1.79. The molecule has 3 heteroatoms. The van der Waals surface area contributed by atoms with Crippen molar-refractivity contribution in [3.63, 3.8) is 0 Å². The van der Waals surface area contributed by atoms with Crippen molar-refractivity contribution in [2.45, 2.75) is 13.3 Å². The van der Waals surface area contributed by atoms with Gasteiger partial charge in [-0.05, 0) is 29.7 Å². The normalized spacial score (nSPS) is 10.4. The Balaban J connectivity index is 2.21. The van der Waals surface area contributed by atoms with Gasteiger partial charge in [-0.25, -0.2) is 0 Å². The molecular formula is C14H15NO2. The van der Waals surface area contributed by atoms with Gasteiger partial charge in [0, 0.05) is 18.9 Å². The van der Waals surface area contributed by atoms with Crippen molar-refractivity contribution < 1.29 is 9.21 Å². The van der Waals surface area contributed by atoms with E-state index in [9.17, 15) is 4.79 Å². The van der Waals surface area contributed by atoms with Crippen LogP contribution in [0.25, 0.3) is 17.0 Å². The van der Waals surface area contributed by atoms with E-state index in [2.05, 4.69) is 18.0 Å². The number of hydrogen-bond donors (Lipinski definition) is 1. The van der Waals surface area contributed by atoms with Crippen LogP contribution >= 0.6 is 0 Å². The van der Waals surface area contributed by atoms with Crippen molar-refractivity contribution in [2.75, 3.05) is 6.54 Å². The number of carbonyl (C=O) groups excluding carboxylic acids is 1. The Bertz CT molecular complexity index is 554. The Morgan fingerprint density at radius 1 is 1.53 bits per heavy atom. The molecule has 1 aromatic carbocycles. The van der Waals surface area contributed by atoms with Gasteiger partial charge >= 0.3 is 0 Å². The Kier molecular flexibility index (Phi) is 3.28. The molecule has 0 aliphatic carbocycles. The van der Waals surface area contributed by atoms with Crippen LogP contribution in [0.3, 0.4) is 0 Å². The molecule has 1 heterocycles. The van der Waals surface area contributed by atoms with Crippen LogP contribution in [-0.2, 0) is 11.2 Å². The van der Waals surface area contributed by atoms with Crippen LogP contribution in [0.2, 0.25) is 0 Å². The van der Waals surface area contributed by atoms with Crippen LogP contribution in [0, 0.1) is 0 Å². The quantitative estimate of drug-likeness (QED) is 0.875. The van der Waals surface area contributed by atoms with Crippen LogP contribution in [-0.4, -0.2) is 12.5 Å². The molecular weight excluding hydrogens is 214 g/mol. The highest BCUT2D eigenvalue weighted by Crippen LogP contribution is 2.23. The minimum Gasteiger partial charge on any atom is -0.464 e. The zero-order valence-electron chi connectivity index (χ0n) is 9.82. The van der Waals surface area contributed by atoms with Crippen molar-refractivity contribution in [3.05, 3.63) is 42.2 Å². The van der Waals surface area contributed by atoms with E-state index in [1.807, 2.05) is 18.2 Å². The van der Waals surface area contributed by atoms with Gasteiger partial charge in [-0.1, -0.05) is 18.7 Å². The molecule has 0 aliphatic rings. The average Bonchev–Trinajstić information content (AvgIpc) is 2.71. The standard InChI is InChI=1S/C14H15NO2/c1-3-11-4-5-14-13(8-11)12(9-17-14)6-7-15-10(2)16/h3-5,8-9H,1,6-7H2,2H3,(H,15,16). The first kappa shape index (κ1) is 11.5.